The van der Waals surface area contributed by atoms with Crippen LogP contribution in [0.3, 0.4) is 0 Å². The minimum atomic E-state index is -0.0795. The highest BCUT2D eigenvalue weighted by molar-refractivity contribution is 6.34. The number of H-pyrrole nitrogens is 1. The number of amides is 2. The van der Waals surface area contributed by atoms with Gasteiger partial charge in [0.15, 0.2) is 0 Å². The number of rotatable bonds is 13. The molecular weight excluding hydrogens is 424 g/mol. The highest BCUT2D eigenvalue weighted by Gasteiger charge is 2.24. The molecule has 0 radical (unpaired) electrons. The zero-order chi connectivity index (χ0) is 24.5. The molecule has 1 aliphatic rings. The van der Waals surface area contributed by atoms with Crippen molar-refractivity contribution in [3.05, 3.63) is 52.3 Å². The minimum Gasteiger partial charge on any atom is -0.359 e. The first-order valence-electron chi connectivity index (χ1n) is 12.6. The van der Waals surface area contributed by atoms with E-state index in [1.54, 1.807) is 0 Å². The van der Waals surface area contributed by atoms with E-state index in [1.807, 2.05) is 56.3 Å². The van der Waals surface area contributed by atoms with E-state index in [0.717, 1.165) is 47.7 Å². The molecule has 0 fully saturated rings. The van der Waals surface area contributed by atoms with Crippen molar-refractivity contribution in [2.75, 3.05) is 32.5 Å². The predicted molar refractivity (Wildman–Crippen MR) is 141 cm³/mol. The lowest BCUT2D eigenvalue weighted by Gasteiger charge is -2.17. The molecule has 1 aliphatic heterocycles. The molecule has 2 aromatic rings. The summed E-state index contributed by atoms with van der Waals surface area (Å²) in [4.78, 5) is 30.5. The molecule has 2 amide bonds. The Hall–Kier alpha value is -2.86. The summed E-state index contributed by atoms with van der Waals surface area (Å²) >= 11 is 0. The average Bonchev–Trinajstić information content (AvgIpc) is 3.28. The Bertz CT molecular complexity index is 1020. The predicted octanol–water partition coefficient (Wildman–Crippen LogP) is 5.08. The number of para-hydroxylation sites is 1. The maximum Gasteiger partial charge on any atom is 0.256 e. The summed E-state index contributed by atoms with van der Waals surface area (Å²) in [5, 5.41) is 6.11. The minimum absolute atomic E-state index is 0.0795. The number of nitrogens with zero attached hydrogens (tertiary/aromatic N) is 1. The number of benzene rings is 1. The Morgan fingerprint density at radius 1 is 1.06 bits per heavy atom. The van der Waals surface area contributed by atoms with Crippen molar-refractivity contribution in [3.8, 4) is 0 Å². The first-order valence-corrected chi connectivity index (χ1v) is 12.6. The van der Waals surface area contributed by atoms with Gasteiger partial charge in [0.2, 0.25) is 5.91 Å². The van der Waals surface area contributed by atoms with Gasteiger partial charge in [-0.1, -0.05) is 43.9 Å². The first-order chi connectivity index (χ1) is 16.4. The third kappa shape index (κ3) is 6.60. The van der Waals surface area contributed by atoms with Crippen molar-refractivity contribution < 1.29 is 9.59 Å². The van der Waals surface area contributed by atoms with Crippen LogP contribution in [0, 0.1) is 13.8 Å². The quantitative estimate of drug-likeness (QED) is 0.286. The smallest absolute Gasteiger partial charge is 0.256 e. The van der Waals surface area contributed by atoms with Crippen LogP contribution in [0.2, 0.25) is 0 Å². The summed E-state index contributed by atoms with van der Waals surface area (Å²) in [6, 6.07) is 7.74. The molecule has 0 aliphatic carbocycles. The van der Waals surface area contributed by atoms with E-state index in [1.165, 1.54) is 37.7 Å². The molecule has 0 spiro atoms. The summed E-state index contributed by atoms with van der Waals surface area (Å²) < 4.78 is 0. The highest BCUT2D eigenvalue weighted by atomic mass is 16.2. The van der Waals surface area contributed by atoms with Crippen molar-refractivity contribution >= 4 is 29.2 Å². The van der Waals surface area contributed by atoms with E-state index in [9.17, 15) is 9.59 Å². The van der Waals surface area contributed by atoms with Gasteiger partial charge in [-0.25, -0.2) is 0 Å². The van der Waals surface area contributed by atoms with Gasteiger partial charge in [0, 0.05) is 42.7 Å². The Morgan fingerprint density at radius 3 is 2.53 bits per heavy atom. The van der Waals surface area contributed by atoms with E-state index in [4.69, 9.17) is 0 Å². The first kappa shape index (κ1) is 25.8. The molecule has 0 unspecified atom stereocenters. The SMILES string of the molecule is CNCCCCCCCCN(C)C(=O)CCc1c(C)[nH]c(/C=C2\C(=O)Nc3ccccc32)c1C. The standard InChI is InChI=1S/C28H40N4O2/c1-20-22(15-16-27(33)32(4)18-12-8-6-5-7-11-17-29-3)21(2)30-26(20)19-24-23-13-9-10-14-25(23)31-28(24)34/h9-10,13-14,19,29-30H,5-8,11-12,15-18H2,1-4H3,(H,31,34)/b24-19-. The van der Waals surface area contributed by atoms with E-state index in [2.05, 4.69) is 22.5 Å². The van der Waals surface area contributed by atoms with Crippen LogP contribution in [0.15, 0.2) is 24.3 Å². The number of aryl methyl sites for hydroxylation is 1. The largest absolute Gasteiger partial charge is 0.359 e. The molecule has 6 heteroatoms. The molecule has 34 heavy (non-hydrogen) atoms. The fraction of sp³-hybridized carbons (Fsp3) is 0.500. The Kier molecular flexibility index (Phi) is 9.52. The fourth-order valence-corrected chi connectivity index (χ4v) is 4.67. The van der Waals surface area contributed by atoms with Crippen LogP contribution < -0.4 is 10.6 Å². The number of hydrogen-bond acceptors (Lipinski definition) is 3. The van der Waals surface area contributed by atoms with Gasteiger partial charge in [-0.05, 0) is 70.0 Å². The summed E-state index contributed by atoms with van der Waals surface area (Å²) in [5.41, 5.74) is 6.72. The molecule has 3 rings (SSSR count). The zero-order valence-corrected chi connectivity index (χ0v) is 21.2. The van der Waals surface area contributed by atoms with Crippen LogP contribution in [0.4, 0.5) is 5.69 Å². The number of nitrogens with one attached hydrogen (secondary N) is 3. The molecule has 0 saturated carbocycles. The lowest BCUT2D eigenvalue weighted by Crippen LogP contribution is -2.28. The molecular formula is C28H40N4O2. The van der Waals surface area contributed by atoms with Gasteiger partial charge in [-0.3, -0.25) is 9.59 Å². The topological polar surface area (TPSA) is 77.2 Å². The van der Waals surface area contributed by atoms with Crippen molar-refractivity contribution in [2.45, 2.75) is 65.2 Å². The molecule has 3 N–H and O–H groups in total. The van der Waals surface area contributed by atoms with Gasteiger partial charge >= 0.3 is 0 Å². The second-order valence-corrected chi connectivity index (χ2v) is 9.37. The maximum absolute atomic E-state index is 12.7. The monoisotopic (exact) mass is 464 g/mol. The van der Waals surface area contributed by atoms with Gasteiger partial charge in [0.1, 0.15) is 0 Å². The molecule has 0 saturated heterocycles. The molecule has 0 bridgehead atoms. The fourth-order valence-electron chi connectivity index (χ4n) is 4.67. The number of unbranched alkanes of at least 4 members (excludes halogenated alkanes) is 5. The Balaban J connectivity index is 1.50. The normalized spacial score (nSPS) is 13.9. The number of anilines is 1. The summed E-state index contributed by atoms with van der Waals surface area (Å²) in [7, 11) is 3.91. The summed E-state index contributed by atoms with van der Waals surface area (Å²) in [6.45, 7) is 6.03. The number of aromatic nitrogens is 1. The number of aromatic amines is 1. The van der Waals surface area contributed by atoms with Crippen LogP contribution in [0.1, 0.15) is 73.0 Å². The van der Waals surface area contributed by atoms with Crippen LogP contribution in [0.25, 0.3) is 11.6 Å². The number of hydrogen-bond donors (Lipinski definition) is 3. The lowest BCUT2D eigenvalue weighted by atomic mass is 10.0. The van der Waals surface area contributed by atoms with Crippen LogP contribution in [0.5, 0.6) is 0 Å². The number of carbonyl (C=O) groups is 2. The van der Waals surface area contributed by atoms with Crippen LogP contribution >= 0.6 is 0 Å². The van der Waals surface area contributed by atoms with Gasteiger partial charge < -0.3 is 20.5 Å². The Labute approximate surface area is 204 Å². The second-order valence-electron chi connectivity index (χ2n) is 9.37. The average molecular weight is 465 g/mol. The molecule has 6 nitrogen and oxygen atoms in total. The van der Waals surface area contributed by atoms with Crippen molar-refractivity contribution in [1.29, 1.82) is 0 Å². The van der Waals surface area contributed by atoms with E-state index in [-0.39, 0.29) is 11.8 Å². The molecule has 2 heterocycles. The van der Waals surface area contributed by atoms with Crippen molar-refractivity contribution in [2.24, 2.45) is 0 Å². The second kappa shape index (κ2) is 12.6. The van der Waals surface area contributed by atoms with Crippen molar-refractivity contribution in [3.63, 3.8) is 0 Å². The molecule has 0 atom stereocenters. The van der Waals surface area contributed by atoms with E-state index >= 15 is 0 Å². The highest BCUT2D eigenvalue weighted by Crippen LogP contribution is 2.33. The van der Waals surface area contributed by atoms with Gasteiger partial charge in [-0.15, -0.1) is 0 Å². The lowest BCUT2D eigenvalue weighted by molar-refractivity contribution is -0.129. The third-order valence-electron chi connectivity index (χ3n) is 6.82. The zero-order valence-electron chi connectivity index (χ0n) is 21.2. The van der Waals surface area contributed by atoms with Gasteiger partial charge in [0.05, 0.1) is 5.57 Å². The van der Waals surface area contributed by atoms with E-state index in [0.29, 0.717) is 18.4 Å². The van der Waals surface area contributed by atoms with Crippen molar-refractivity contribution in [1.82, 2.24) is 15.2 Å². The van der Waals surface area contributed by atoms with Gasteiger partial charge in [-0.2, -0.15) is 0 Å². The van der Waals surface area contributed by atoms with Crippen LogP contribution in [-0.2, 0) is 16.0 Å². The number of carbonyl (C=O) groups excluding carboxylic acids is 2. The van der Waals surface area contributed by atoms with Gasteiger partial charge in [0.25, 0.3) is 5.91 Å². The number of fused-ring (bicyclic) bond motifs is 1. The maximum atomic E-state index is 12.7. The molecule has 184 valence electrons. The van der Waals surface area contributed by atoms with E-state index < -0.39 is 0 Å². The summed E-state index contributed by atoms with van der Waals surface area (Å²) in [5.74, 6) is 0.113. The summed E-state index contributed by atoms with van der Waals surface area (Å²) in [6.07, 6.45) is 10.4. The molecule has 1 aromatic heterocycles. The van der Waals surface area contributed by atoms with Crippen LogP contribution in [-0.4, -0.2) is 48.9 Å². The third-order valence-corrected chi connectivity index (χ3v) is 6.82. The Morgan fingerprint density at radius 2 is 1.76 bits per heavy atom. The molecule has 1 aromatic carbocycles.